The number of hydrogen-bond acceptors (Lipinski definition) is 6. The van der Waals surface area contributed by atoms with Gasteiger partial charge < -0.3 is 9.47 Å². The number of carbonyl (C=O) groups is 1. The maximum Gasteiger partial charge on any atom is 0.350 e. The zero-order chi connectivity index (χ0) is 21.1. The number of urea groups is 1. The second kappa shape index (κ2) is 8.44. The number of hydrazine groups is 2. The van der Waals surface area contributed by atoms with Crippen LogP contribution in [0.4, 0.5) is 10.5 Å². The van der Waals surface area contributed by atoms with E-state index >= 15 is 0 Å². The Morgan fingerprint density at radius 2 is 2.00 bits per heavy atom. The van der Waals surface area contributed by atoms with Gasteiger partial charge in [0.25, 0.3) is 0 Å². The number of hydrogen-bond donors (Lipinski definition) is 3. The molecule has 156 valence electrons. The van der Waals surface area contributed by atoms with Crippen molar-refractivity contribution in [3.05, 3.63) is 65.9 Å². The molecule has 0 unspecified atom stereocenters. The minimum Gasteiger partial charge on any atom is -0.497 e. The van der Waals surface area contributed by atoms with Crippen molar-refractivity contribution in [2.75, 3.05) is 12.1 Å². The van der Waals surface area contributed by atoms with E-state index in [9.17, 15) is 4.79 Å². The highest BCUT2D eigenvalue weighted by Crippen LogP contribution is 2.43. The highest BCUT2D eigenvalue weighted by molar-refractivity contribution is 5.91. The summed E-state index contributed by atoms with van der Waals surface area (Å²) in [5.41, 5.74) is 5.47. The van der Waals surface area contributed by atoms with Crippen molar-refractivity contribution in [1.82, 2.24) is 15.2 Å². The van der Waals surface area contributed by atoms with Crippen molar-refractivity contribution in [3.63, 3.8) is 0 Å². The summed E-state index contributed by atoms with van der Waals surface area (Å²) in [6.45, 7) is 0.229. The molecule has 9 heteroatoms. The monoisotopic (exact) mass is 408 g/mol. The second-order valence-electron chi connectivity index (χ2n) is 7.02. The number of aromatic nitrogens is 2. The topological polar surface area (TPSA) is 121 Å². The van der Waals surface area contributed by atoms with Crippen LogP contribution < -0.4 is 31.6 Å². The predicted octanol–water partition coefficient (Wildman–Crippen LogP) is 2.60. The average molecular weight is 408 g/mol. The van der Waals surface area contributed by atoms with Crippen LogP contribution in [0.5, 0.6) is 11.6 Å². The SMILES string of the molecule is COc1ccc(-n2ccc(OCc3c(C4CC4)cccc3N(N)C(=O)NN)n2)cc1. The molecule has 30 heavy (non-hydrogen) atoms. The van der Waals surface area contributed by atoms with Gasteiger partial charge in [0.2, 0.25) is 5.88 Å². The molecule has 1 heterocycles. The number of nitrogens with two attached hydrogens (primary N) is 2. The second-order valence-corrected chi connectivity index (χ2v) is 7.02. The molecule has 3 aromatic rings. The number of anilines is 1. The van der Waals surface area contributed by atoms with Crippen molar-refractivity contribution in [3.8, 4) is 17.3 Å². The van der Waals surface area contributed by atoms with Gasteiger partial charge in [-0.3, -0.25) is 5.43 Å². The lowest BCUT2D eigenvalue weighted by Crippen LogP contribution is -2.48. The first kappa shape index (κ1) is 19.7. The molecule has 2 aromatic carbocycles. The summed E-state index contributed by atoms with van der Waals surface area (Å²) in [6.07, 6.45) is 4.04. The van der Waals surface area contributed by atoms with Gasteiger partial charge in [-0.25, -0.2) is 26.2 Å². The lowest BCUT2D eigenvalue weighted by molar-refractivity contribution is 0.246. The van der Waals surface area contributed by atoms with E-state index in [1.165, 1.54) is 0 Å². The van der Waals surface area contributed by atoms with Crippen molar-refractivity contribution in [2.24, 2.45) is 11.7 Å². The lowest BCUT2D eigenvalue weighted by atomic mass is 10.0. The fourth-order valence-corrected chi connectivity index (χ4v) is 3.34. The van der Waals surface area contributed by atoms with Crippen molar-refractivity contribution in [2.45, 2.75) is 25.4 Å². The van der Waals surface area contributed by atoms with Crippen LogP contribution in [0.2, 0.25) is 0 Å². The van der Waals surface area contributed by atoms with Gasteiger partial charge in [-0.15, -0.1) is 5.10 Å². The molecule has 1 aromatic heterocycles. The average Bonchev–Trinajstić information content (AvgIpc) is 3.53. The van der Waals surface area contributed by atoms with E-state index in [0.29, 0.717) is 17.5 Å². The van der Waals surface area contributed by atoms with E-state index in [4.69, 9.17) is 21.2 Å². The minimum atomic E-state index is -0.604. The maximum atomic E-state index is 11.9. The highest BCUT2D eigenvalue weighted by atomic mass is 16.5. The summed E-state index contributed by atoms with van der Waals surface area (Å²) in [4.78, 5) is 11.9. The van der Waals surface area contributed by atoms with Crippen LogP contribution in [0.3, 0.4) is 0 Å². The van der Waals surface area contributed by atoms with E-state index < -0.39 is 6.03 Å². The molecule has 4 rings (SSSR count). The minimum absolute atomic E-state index is 0.229. The first-order valence-electron chi connectivity index (χ1n) is 9.60. The Morgan fingerprint density at radius 1 is 1.23 bits per heavy atom. The highest BCUT2D eigenvalue weighted by Gasteiger charge is 2.29. The molecule has 1 fully saturated rings. The van der Waals surface area contributed by atoms with Crippen LogP contribution in [-0.2, 0) is 6.61 Å². The van der Waals surface area contributed by atoms with Gasteiger partial charge in [-0.1, -0.05) is 12.1 Å². The molecule has 1 aliphatic carbocycles. The molecule has 0 saturated heterocycles. The van der Waals surface area contributed by atoms with Crippen molar-refractivity contribution < 1.29 is 14.3 Å². The molecule has 0 spiro atoms. The molecule has 9 nitrogen and oxygen atoms in total. The third-order valence-electron chi connectivity index (χ3n) is 5.07. The van der Waals surface area contributed by atoms with E-state index in [1.54, 1.807) is 23.9 Å². The van der Waals surface area contributed by atoms with E-state index in [-0.39, 0.29) is 6.61 Å². The predicted molar refractivity (Wildman–Crippen MR) is 112 cm³/mol. The third kappa shape index (κ3) is 4.07. The van der Waals surface area contributed by atoms with E-state index in [2.05, 4.69) is 10.5 Å². The van der Waals surface area contributed by atoms with Crippen LogP contribution in [0.25, 0.3) is 5.69 Å². The van der Waals surface area contributed by atoms with Gasteiger partial charge in [-0.2, -0.15) is 0 Å². The fourth-order valence-electron chi connectivity index (χ4n) is 3.34. The number of amides is 2. The van der Waals surface area contributed by atoms with E-state index in [0.717, 1.165) is 40.4 Å². The van der Waals surface area contributed by atoms with Crippen LogP contribution in [-0.4, -0.2) is 22.9 Å². The summed E-state index contributed by atoms with van der Waals surface area (Å²) in [5, 5.41) is 5.48. The van der Waals surface area contributed by atoms with Gasteiger partial charge >= 0.3 is 6.03 Å². The Hall–Kier alpha value is -3.56. The van der Waals surface area contributed by atoms with Gasteiger partial charge in [-0.05, 0) is 54.7 Å². The Morgan fingerprint density at radius 3 is 2.67 bits per heavy atom. The zero-order valence-electron chi connectivity index (χ0n) is 16.6. The van der Waals surface area contributed by atoms with Crippen LogP contribution >= 0.6 is 0 Å². The quantitative estimate of drug-likeness (QED) is 0.314. The van der Waals surface area contributed by atoms with Crippen molar-refractivity contribution >= 4 is 11.7 Å². The normalized spacial score (nSPS) is 13.0. The first-order valence-corrected chi connectivity index (χ1v) is 9.60. The van der Waals surface area contributed by atoms with Crippen LogP contribution in [0, 0.1) is 0 Å². The number of carbonyl (C=O) groups excluding carboxylic acids is 1. The molecular formula is C21H24N6O3. The standard InChI is InChI=1S/C21H24N6O3/c1-29-16-9-7-15(8-10-16)26-12-11-20(25-26)30-13-18-17(14-5-6-14)3-2-4-19(18)27(23)21(28)24-22/h2-4,7-12,14H,5-6,13,22-23H2,1H3,(H,24,28). The van der Waals surface area contributed by atoms with Gasteiger partial charge in [0, 0.05) is 17.8 Å². The molecule has 5 N–H and O–H groups in total. The number of methoxy groups -OCH3 is 1. The molecule has 0 aliphatic heterocycles. The number of rotatable bonds is 7. The molecule has 0 atom stereocenters. The Bertz CT molecular complexity index is 1030. The largest absolute Gasteiger partial charge is 0.497 e. The summed E-state index contributed by atoms with van der Waals surface area (Å²) in [5.74, 6) is 12.9. The third-order valence-corrected chi connectivity index (χ3v) is 5.07. The Balaban J connectivity index is 1.55. The molecule has 2 amide bonds. The summed E-state index contributed by atoms with van der Waals surface area (Å²) < 4.78 is 12.9. The first-order chi connectivity index (χ1) is 14.6. The van der Waals surface area contributed by atoms with Gasteiger partial charge in [0.1, 0.15) is 12.4 Å². The Kier molecular flexibility index (Phi) is 5.55. The summed E-state index contributed by atoms with van der Waals surface area (Å²) >= 11 is 0. The Labute approximate surface area is 174 Å². The zero-order valence-corrected chi connectivity index (χ0v) is 16.6. The van der Waals surface area contributed by atoms with Gasteiger partial charge in [0.15, 0.2) is 0 Å². The summed E-state index contributed by atoms with van der Waals surface area (Å²) in [6, 6.07) is 14.4. The number of ether oxygens (including phenoxy) is 2. The molecule has 1 aliphatic rings. The fraction of sp³-hybridized carbons (Fsp3) is 0.238. The van der Waals surface area contributed by atoms with Crippen LogP contribution in [0.1, 0.15) is 29.9 Å². The lowest BCUT2D eigenvalue weighted by Gasteiger charge is -2.21. The summed E-state index contributed by atoms with van der Waals surface area (Å²) in [7, 11) is 1.63. The van der Waals surface area contributed by atoms with Gasteiger partial charge in [0.05, 0.1) is 18.5 Å². The maximum absolute atomic E-state index is 11.9. The molecule has 1 saturated carbocycles. The number of nitrogens with one attached hydrogen (secondary N) is 1. The number of nitrogens with zero attached hydrogens (tertiary/aromatic N) is 3. The smallest absolute Gasteiger partial charge is 0.350 e. The number of benzene rings is 2. The van der Waals surface area contributed by atoms with Crippen LogP contribution in [0.15, 0.2) is 54.7 Å². The van der Waals surface area contributed by atoms with Crippen molar-refractivity contribution in [1.29, 1.82) is 0 Å². The molecule has 0 bridgehead atoms. The molecule has 0 radical (unpaired) electrons. The molecular weight excluding hydrogens is 384 g/mol. The van der Waals surface area contributed by atoms with E-state index in [1.807, 2.05) is 42.6 Å².